The van der Waals surface area contributed by atoms with E-state index < -0.39 is 5.60 Å². The summed E-state index contributed by atoms with van der Waals surface area (Å²) in [5, 5.41) is 0.223. The van der Waals surface area contributed by atoms with Gasteiger partial charge in [0.1, 0.15) is 0 Å². The maximum absolute atomic E-state index is 12.6. The Morgan fingerprint density at radius 2 is 1.36 bits per heavy atom. The molecule has 4 heteroatoms. The molecule has 3 nitrogen and oxygen atoms in total. The van der Waals surface area contributed by atoms with Crippen LogP contribution in [0.1, 0.15) is 23.6 Å². The number of thiocarbonyl (C=S) groups is 1. The fourth-order valence-electron chi connectivity index (χ4n) is 4.03. The van der Waals surface area contributed by atoms with Gasteiger partial charge in [-0.1, -0.05) is 91.0 Å². The maximum atomic E-state index is 12.6. The molecule has 3 aromatic rings. The monoisotopic (exact) mass is 387 g/mol. The topological polar surface area (TPSA) is 29.5 Å². The van der Waals surface area contributed by atoms with Crippen LogP contribution in [0, 0.1) is 0 Å². The molecule has 1 heterocycles. The van der Waals surface area contributed by atoms with Gasteiger partial charge in [-0.3, -0.25) is 9.69 Å². The largest absolute Gasteiger partial charge is 0.452 e. The van der Waals surface area contributed by atoms with Crippen molar-refractivity contribution < 1.29 is 9.53 Å². The third-order valence-corrected chi connectivity index (χ3v) is 5.52. The Morgan fingerprint density at radius 1 is 0.893 bits per heavy atom. The second kappa shape index (κ2) is 7.56. The predicted molar refractivity (Wildman–Crippen MR) is 114 cm³/mol. The molecule has 0 aliphatic carbocycles. The first-order valence-corrected chi connectivity index (χ1v) is 9.71. The third-order valence-electron chi connectivity index (χ3n) is 5.24. The van der Waals surface area contributed by atoms with E-state index in [2.05, 4.69) is 12.1 Å². The van der Waals surface area contributed by atoms with Crippen LogP contribution in [0.3, 0.4) is 0 Å². The third kappa shape index (κ3) is 3.10. The van der Waals surface area contributed by atoms with Gasteiger partial charge in [-0.25, -0.2) is 0 Å². The minimum atomic E-state index is -0.860. The Bertz CT molecular complexity index is 934. The minimum Gasteiger partial charge on any atom is -0.452 e. The van der Waals surface area contributed by atoms with Crippen LogP contribution in [0.2, 0.25) is 0 Å². The van der Waals surface area contributed by atoms with E-state index in [1.807, 2.05) is 78.9 Å². The summed E-state index contributed by atoms with van der Waals surface area (Å²) in [4.78, 5) is 14.2. The lowest BCUT2D eigenvalue weighted by molar-refractivity contribution is -0.126. The van der Waals surface area contributed by atoms with Gasteiger partial charge in [-0.2, -0.15) is 0 Å². The summed E-state index contributed by atoms with van der Waals surface area (Å²) >= 11 is 5.54. The minimum absolute atomic E-state index is 0.111. The number of carbonyl (C=O) groups excluding carboxylic acids is 1. The van der Waals surface area contributed by atoms with E-state index in [0.29, 0.717) is 6.42 Å². The molecule has 0 aromatic heterocycles. The van der Waals surface area contributed by atoms with Gasteiger partial charge in [-0.05, 0) is 24.2 Å². The fourth-order valence-corrected chi connectivity index (χ4v) is 4.41. The Balaban J connectivity index is 1.94. The zero-order valence-electron chi connectivity index (χ0n) is 15.6. The normalized spacial score (nSPS) is 18.0. The van der Waals surface area contributed by atoms with Crippen molar-refractivity contribution in [2.45, 2.75) is 25.0 Å². The second-order valence-electron chi connectivity index (χ2n) is 6.93. The molecule has 1 amide bonds. The second-order valence-corrected chi connectivity index (χ2v) is 7.28. The van der Waals surface area contributed by atoms with Gasteiger partial charge in [0.25, 0.3) is 5.17 Å². The molecule has 4 rings (SSSR count). The number of carbonyl (C=O) groups is 1. The molecule has 3 aromatic carbocycles. The summed E-state index contributed by atoms with van der Waals surface area (Å²) in [5.74, 6) is -0.111. The molecule has 28 heavy (non-hydrogen) atoms. The number of rotatable bonds is 4. The lowest BCUT2D eigenvalue weighted by Crippen LogP contribution is -2.47. The van der Waals surface area contributed by atoms with E-state index in [1.165, 1.54) is 0 Å². The summed E-state index contributed by atoms with van der Waals surface area (Å²) in [7, 11) is 0. The summed E-state index contributed by atoms with van der Waals surface area (Å²) < 4.78 is 6.42. The van der Waals surface area contributed by atoms with Crippen LogP contribution in [-0.4, -0.2) is 22.0 Å². The van der Waals surface area contributed by atoms with E-state index in [-0.39, 0.29) is 17.1 Å². The summed E-state index contributed by atoms with van der Waals surface area (Å²) in [6.45, 7) is 1.54. The van der Waals surface area contributed by atoms with Crippen molar-refractivity contribution in [1.82, 2.24) is 4.90 Å². The van der Waals surface area contributed by atoms with E-state index in [4.69, 9.17) is 17.0 Å². The van der Waals surface area contributed by atoms with Gasteiger partial charge >= 0.3 is 0 Å². The van der Waals surface area contributed by atoms with Crippen molar-refractivity contribution in [3.63, 3.8) is 0 Å². The first kappa shape index (κ1) is 18.4. The highest BCUT2D eigenvalue weighted by Crippen LogP contribution is 2.45. The van der Waals surface area contributed by atoms with E-state index in [9.17, 15) is 4.79 Å². The number of hydrogen-bond acceptors (Lipinski definition) is 3. The highest BCUT2D eigenvalue weighted by atomic mass is 32.1. The molecule has 140 valence electrons. The Kier molecular flexibility index (Phi) is 4.97. The molecule has 1 aliphatic heterocycles. The Morgan fingerprint density at radius 3 is 1.82 bits per heavy atom. The zero-order chi connectivity index (χ0) is 19.6. The smallest absolute Gasteiger partial charge is 0.267 e. The maximum Gasteiger partial charge on any atom is 0.267 e. The lowest BCUT2D eigenvalue weighted by Gasteiger charge is -2.35. The molecular weight excluding hydrogens is 366 g/mol. The molecule has 1 saturated heterocycles. The van der Waals surface area contributed by atoms with Crippen molar-refractivity contribution in [3.8, 4) is 0 Å². The van der Waals surface area contributed by atoms with Crippen molar-refractivity contribution in [2.75, 3.05) is 0 Å². The number of ether oxygens (including phenoxy) is 1. The van der Waals surface area contributed by atoms with Crippen LogP contribution in [0.15, 0.2) is 91.0 Å². The molecule has 0 unspecified atom stereocenters. The van der Waals surface area contributed by atoms with Crippen LogP contribution in [0.5, 0.6) is 0 Å². The molecule has 0 spiro atoms. The number of amides is 1. The molecule has 0 saturated carbocycles. The summed E-state index contributed by atoms with van der Waals surface area (Å²) in [6.07, 6.45) is 0.629. The molecule has 1 atom stereocenters. The van der Waals surface area contributed by atoms with Gasteiger partial charge in [0, 0.05) is 18.1 Å². The van der Waals surface area contributed by atoms with Gasteiger partial charge in [0.2, 0.25) is 5.91 Å². The average Bonchev–Trinajstić information content (AvgIpc) is 3.03. The Labute approximate surface area is 170 Å². The van der Waals surface area contributed by atoms with Gasteiger partial charge in [0.05, 0.1) is 6.04 Å². The van der Waals surface area contributed by atoms with Gasteiger partial charge < -0.3 is 4.74 Å². The Hall–Kier alpha value is -2.98. The van der Waals surface area contributed by atoms with Crippen LogP contribution in [0.4, 0.5) is 0 Å². The standard InChI is InChI=1S/C24H21NO2S/c1-18(26)25-22(17-19-11-5-2-6-12-19)24(27-23(25)28,20-13-7-3-8-14-20)21-15-9-4-10-16-21/h2-16,22H,17H2,1H3/t22-/m1/s1. The van der Waals surface area contributed by atoms with Crippen molar-refractivity contribution >= 4 is 23.3 Å². The van der Waals surface area contributed by atoms with Crippen molar-refractivity contribution in [2.24, 2.45) is 0 Å². The highest BCUT2D eigenvalue weighted by molar-refractivity contribution is 7.80. The van der Waals surface area contributed by atoms with E-state index >= 15 is 0 Å². The average molecular weight is 388 g/mol. The molecule has 1 fully saturated rings. The van der Waals surface area contributed by atoms with Gasteiger partial charge in [0.15, 0.2) is 5.60 Å². The van der Waals surface area contributed by atoms with Crippen LogP contribution < -0.4 is 0 Å². The first-order valence-electron chi connectivity index (χ1n) is 9.30. The van der Waals surface area contributed by atoms with Crippen LogP contribution in [0.25, 0.3) is 0 Å². The predicted octanol–water partition coefficient (Wildman–Crippen LogP) is 4.71. The highest BCUT2D eigenvalue weighted by Gasteiger charge is 2.55. The van der Waals surface area contributed by atoms with E-state index in [0.717, 1.165) is 16.7 Å². The van der Waals surface area contributed by atoms with Crippen molar-refractivity contribution in [3.05, 3.63) is 108 Å². The van der Waals surface area contributed by atoms with E-state index in [1.54, 1.807) is 11.8 Å². The molecule has 0 radical (unpaired) electrons. The molecule has 1 aliphatic rings. The number of nitrogens with zero attached hydrogens (tertiary/aromatic N) is 1. The first-order chi connectivity index (χ1) is 13.6. The summed E-state index contributed by atoms with van der Waals surface area (Å²) in [6, 6.07) is 29.9. The lowest BCUT2D eigenvalue weighted by atomic mass is 9.77. The number of benzene rings is 3. The van der Waals surface area contributed by atoms with Crippen molar-refractivity contribution in [1.29, 1.82) is 0 Å². The quantitative estimate of drug-likeness (QED) is 0.608. The molecule has 0 N–H and O–H groups in total. The molecular formula is C24H21NO2S. The fraction of sp³-hybridized carbons (Fsp3) is 0.167. The molecule has 0 bridgehead atoms. The van der Waals surface area contributed by atoms with Gasteiger partial charge in [-0.15, -0.1) is 0 Å². The van der Waals surface area contributed by atoms with Crippen LogP contribution in [-0.2, 0) is 21.6 Å². The van der Waals surface area contributed by atoms with Crippen LogP contribution >= 0.6 is 12.2 Å². The summed E-state index contributed by atoms with van der Waals surface area (Å²) in [5.41, 5.74) is 2.23. The zero-order valence-corrected chi connectivity index (χ0v) is 16.4. The SMILES string of the molecule is CC(=O)N1C(=S)OC(c2ccccc2)(c2ccccc2)[C@H]1Cc1ccccc1. The number of hydrogen-bond donors (Lipinski definition) is 0.